The van der Waals surface area contributed by atoms with Gasteiger partial charge in [-0.1, -0.05) is 11.8 Å². The van der Waals surface area contributed by atoms with Gasteiger partial charge in [-0.2, -0.15) is 5.10 Å². The SMILES string of the molecule is CC(C)n1ccc(COc2ccc(C#CCCO)cc2)n1. The first-order chi connectivity index (χ1) is 10.2. The van der Waals surface area contributed by atoms with Gasteiger partial charge in [-0.25, -0.2) is 0 Å². The molecule has 0 aliphatic heterocycles. The van der Waals surface area contributed by atoms with E-state index in [4.69, 9.17) is 9.84 Å². The van der Waals surface area contributed by atoms with E-state index in [-0.39, 0.29) is 6.61 Å². The first-order valence-corrected chi connectivity index (χ1v) is 7.05. The zero-order chi connectivity index (χ0) is 15.1. The van der Waals surface area contributed by atoms with E-state index in [1.165, 1.54) is 0 Å². The lowest BCUT2D eigenvalue weighted by Gasteiger charge is -2.05. The molecule has 4 heteroatoms. The predicted molar refractivity (Wildman–Crippen MR) is 82.0 cm³/mol. The van der Waals surface area contributed by atoms with Crippen LogP contribution in [0.5, 0.6) is 5.75 Å². The molecule has 0 aliphatic rings. The molecular weight excluding hydrogens is 264 g/mol. The van der Waals surface area contributed by atoms with Gasteiger partial charge in [0, 0.05) is 24.2 Å². The van der Waals surface area contributed by atoms with Crippen LogP contribution in [0.4, 0.5) is 0 Å². The third kappa shape index (κ3) is 4.66. The summed E-state index contributed by atoms with van der Waals surface area (Å²) in [5, 5.41) is 13.1. The monoisotopic (exact) mass is 284 g/mol. The van der Waals surface area contributed by atoms with Crippen molar-refractivity contribution in [2.45, 2.75) is 32.9 Å². The quantitative estimate of drug-likeness (QED) is 0.859. The summed E-state index contributed by atoms with van der Waals surface area (Å²) < 4.78 is 7.62. The van der Waals surface area contributed by atoms with E-state index in [1.54, 1.807) is 0 Å². The molecule has 110 valence electrons. The van der Waals surface area contributed by atoms with E-state index < -0.39 is 0 Å². The van der Waals surface area contributed by atoms with Crippen molar-refractivity contribution >= 4 is 0 Å². The Morgan fingerprint density at radius 3 is 2.62 bits per heavy atom. The van der Waals surface area contributed by atoms with Crippen LogP contribution in [0.25, 0.3) is 0 Å². The summed E-state index contributed by atoms with van der Waals surface area (Å²) in [4.78, 5) is 0. The van der Waals surface area contributed by atoms with Gasteiger partial charge in [-0.15, -0.1) is 0 Å². The first-order valence-electron chi connectivity index (χ1n) is 7.05. The Hall–Kier alpha value is -2.25. The maximum absolute atomic E-state index is 8.67. The molecule has 2 aromatic rings. The second kappa shape index (κ2) is 7.51. The van der Waals surface area contributed by atoms with Crippen molar-refractivity contribution in [1.82, 2.24) is 9.78 Å². The molecule has 21 heavy (non-hydrogen) atoms. The standard InChI is InChI=1S/C17H20N2O2/c1-14(2)19-11-10-16(18-19)13-21-17-8-6-15(7-9-17)5-3-4-12-20/h6-11,14,20H,4,12-13H2,1-2H3. The summed E-state index contributed by atoms with van der Waals surface area (Å²) >= 11 is 0. The van der Waals surface area contributed by atoms with E-state index in [9.17, 15) is 0 Å². The molecule has 0 saturated heterocycles. The van der Waals surface area contributed by atoms with E-state index >= 15 is 0 Å². The molecule has 0 spiro atoms. The first kappa shape index (κ1) is 15.1. The highest BCUT2D eigenvalue weighted by Gasteiger charge is 2.02. The van der Waals surface area contributed by atoms with Crippen molar-refractivity contribution in [1.29, 1.82) is 0 Å². The summed E-state index contributed by atoms with van der Waals surface area (Å²) in [5.41, 5.74) is 1.83. The molecule has 1 aromatic heterocycles. The van der Waals surface area contributed by atoms with Gasteiger partial charge in [0.15, 0.2) is 0 Å². The molecule has 0 radical (unpaired) electrons. The van der Waals surface area contributed by atoms with E-state index in [2.05, 4.69) is 30.8 Å². The third-order valence-corrected chi connectivity index (χ3v) is 2.90. The van der Waals surface area contributed by atoms with Crippen LogP contribution in [0.3, 0.4) is 0 Å². The average molecular weight is 284 g/mol. The van der Waals surface area contributed by atoms with Crippen LogP contribution in [-0.4, -0.2) is 21.5 Å². The van der Waals surface area contributed by atoms with Crippen molar-refractivity contribution in [3.8, 4) is 17.6 Å². The van der Waals surface area contributed by atoms with Crippen LogP contribution < -0.4 is 4.74 Å². The van der Waals surface area contributed by atoms with Crippen LogP contribution >= 0.6 is 0 Å². The number of benzene rings is 1. The molecule has 0 fully saturated rings. The number of hydrogen-bond donors (Lipinski definition) is 1. The van der Waals surface area contributed by atoms with Gasteiger partial charge < -0.3 is 9.84 Å². The average Bonchev–Trinajstić information content (AvgIpc) is 2.96. The molecule has 0 bridgehead atoms. The Morgan fingerprint density at radius 2 is 2.00 bits per heavy atom. The van der Waals surface area contributed by atoms with E-state index in [1.807, 2.05) is 41.2 Å². The van der Waals surface area contributed by atoms with Crippen molar-refractivity contribution in [3.05, 3.63) is 47.8 Å². The zero-order valence-electron chi connectivity index (χ0n) is 12.4. The summed E-state index contributed by atoms with van der Waals surface area (Å²) in [5.74, 6) is 6.66. The number of aromatic nitrogens is 2. The van der Waals surface area contributed by atoms with Crippen LogP contribution in [0.1, 0.15) is 37.6 Å². The Kier molecular flexibility index (Phi) is 5.42. The normalized spacial score (nSPS) is 10.3. The molecule has 4 nitrogen and oxygen atoms in total. The van der Waals surface area contributed by atoms with Crippen LogP contribution in [0, 0.1) is 11.8 Å². The van der Waals surface area contributed by atoms with Crippen LogP contribution in [0.2, 0.25) is 0 Å². The molecule has 1 heterocycles. The molecule has 0 saturated carbocycles. The molecular formula is C17H20N2O2. The van der Waals surface area contributed by atoms with Crippen LogP contribution in [-0.2, 0) is 6.61 Å². The lowest BCUT2D eigenvalue weighted by Crippen LogP contribution is -2.03. The van der Waals surface area contributed by atoms with Gasteiger partial charge in [-0.05, 0) is 44.2 Å². The number of aliphatic hydroxyl groups is 1. The molecule has 1 aromatic carbocycles. The number of nitrogens with zero attached hydrogens (tertiary/aromatic N) is 2. The molecule has 0 amide bonds. The maximum atomic E-state index is 8.67. The van der Waals surface area contributed by atoms with Gasteiger partial charge >= 0.3 is 0 Å². The third-order valence-electron chi connectivity index (χ3n) is 2.90. The highest BCUT2D eigenvalue weighted by molar-refractivity contribution is 5.38. The topological polar surface area (TPSA) is 47.3 Å². The maximum Gasteiger partial charge on any atom is 0.132 e. The minimum absolute atomic E-state index is 0.0945. The lowest BCUT2D eigenvalue weighted by atomic mass is 10.2. The second-order valence-corrected chi connectivity index (χ2v) is 4.97. The van der Waals surface area contributed by atoms with E-state index in [0.29, 0.717) is 19.1 Å². The molecule has 0 unspecified atom stereocenters. The number of aliphatic hydroxyl groups excluding tert-OH is 1. The minimum atomic E-state index is 0.0945. The van der Waals surface area contributed by atoms with Crippen LogP contribution in [0.15, 0.2) is 36.5 Å². The van der Waals surface area contributed by atoms with Crippen molar-refractivity contribution in [2.24, 2.45) is 0 Å². The van der Waals surface area contributed by atoms with Gasteiger partial charge in [0.1, 0.15) is 12.4 Å². The van der Waals surface area contributed by atoms with E-state index in [0.717, 1.165) is 17.0 Å². The lowest BCUT2D eigenvalue weighted by molar-refractivity contribution is 0.298. The summed E-state index contributed by atoms with van der Waals surface area (Å²) in [6.45, 7) is 4.73. The number of ether oxygens (including phenoxy) is 1. The Labute approximate surface area is 125 Å². The smallest absolute Gasteiger partial charge is 0.132 e. The minimum Gasteiger partial charge on any atom is -0.487 e. The predicted octanol–water partition coefficient (Wildman–Crippen LogP) is 2.78. The molecule has 0 aliphatic carbocycles. The highest BCUT2D eigenvalue weighted by Crippen LogP contribution is 2.14. The summed E-state index contributed by atoms with van der Waals surface area (Å²) in [6.07, 6.45) is 2.46. The fourth-order valence-electron chi connectivity index (χ4n) is 1.75. The summed E-state index contributed by atoms with van der Waals surface area (Å²) in [7, 11) is 0. The summed E-state index contributed by atoms with van der Waals surface area (Å²) in [6, 6.07) is 9.92. The molecule has 1 N–H and O–H groups in total. The van der Waals surface area contributed by atoms with Crippen molar-refractivity contribution in [2.75, 3.05) is 6.61 Å². The Morgan fingerprint density at radius 1 is 1.24 bits per heavy atom. The van der Waals surface area contributed by atoms with Gasteiger partial charge in [-0.3, -0.25) is 4.68 Å². The fourth-order valence-corrected chi connectivity index (χ4v) is 1.75. The number of rotatable bonds is 5. The largest absolute Gasteiger partial charge is 0.487 e. The fraction of sp³-hybridized carbons (Fsp3) is 0.353. The molecule has 0 atom stereocenters. The van der Waals surface area contributed by atoms with Gasteiger partial charge in [0.25, 0.3) is 0 Å². The second-order valence-electron chi connectivity index (χ2n) is 4.97. The highest BCUT2D eigenvalue weighted by atomic mass is 16.5. The Balaban J connectivity index is 1.90. The van der Waals surface area contributed by atoms with Crippen molar-refractivity contribution < 1.29 is 9.84 Å². The molecule has 2 rings (SSSR count). The zero-order valence-corrected chi connectivity index (χ0v) is 12.4. The van der Waals surface area contributed by atoms with Crippen molar-refractivity contribution in [3.63, 3.8) is 0 Å². The Bertz CT molecular complexity index is 618. The number of hydrogen-bond acceptors (Lipinski definition) is 3. The van der Waals surface area contributed by atoms with Gasteiger partial charge in [0.2, 0.25) is 0 Å². The van der Waals surface area contributed by atoms with Gasteiger partial charge in [0.05, 0.1) is 12.3 Å².